The Morgan fingerprint density at radius 2 is 0.895 bits per heavy atom. The van der Waals surface area contributed by atoms with Gasteiger partial charge in [0.15, 0.2) is 0 Å². The maximum Gasteiger partial charge on any atom is 0.136 e. The minimum atomic E-state index is -0.433. The van der Waals surface area contributed by atoms with Crippen LogP contribution in [0.3, 0.4) is 0 Å². The van der Waals surface area contributed by atoms with E-state index in [0.717, 1.165) is 50.1 Å². The van der Waals surface area contributed by atoms with Crippen LogP contribution in [0.2, 0.25) is 0 Å². The molecule has 0 unspecified atom stereocenters. The zero-order valence-electron chi connectivity index (χ0n) is 31.1. The summed E-state index contributed by atoms with van der Waals surface area (Å²) in [6, 6.07) is 77.5. The average Bonchev–Trinajstić information content (AvgIpc) is 3.92. The number of anilines is 3. The molecule has 0 amide bonds. The third kappa shape index (κ3) is 4.53. The van der Waals surface area contributed by atoms with Crippen LogP contribution in [0, 0.1) is 0 Å². The molecule has 2 heteroatoms. The van der Waals surface area contributed by atoms with E-state index in [4.69, 9.17) is 4.42 Å². The van der Waals surface area contributed by atoms with Crippen molar-refractivity contribution in [1.29, 1.82) is 0 Å². The summed E-state index contributed by atoms with van der Waals surface area (Å²) in [7, 11) is 0. The molecule has 1 spiro atoms. The summed E-state index contributed by atoms with van der Waals surface area (Å²) in [6.45, 7) is 0. The molecular weight excluding hydrogens is 691 g/mol. The van der Waals surface area contributed by atoms with Crippen molar-refractivity contribution in [2.24, 2.45) is 0 Å². The van der Waals surface area contributed by atoms with E-state index in [-0.39, 0.29) is 0 Å². The highest BCUT2D eigenvalue weighted by Gasteiger charge is 2.52. The second-order valence-corrected chi connectivity index (χ2v) is 15.2. The first-order chi connectivity index (χ1) is 28.3. The van der Waals surface area contributed by atoms with Gasteiger partial charge in [0.1, 0.15) is 11.2 Å². The summed E-state index contributed by atoms with van der Waals surface area (Å²) in [5.74, 6) is 0. The van der Waals surface area contributed by atoms with Crippen LogP contribution in [0.5, 0.6) is 0 Å². The van der Waals surface area contributed by atoms with Gasteiger partial charge >= 0.3 is 0 Å². The maximum absolute atomic E-state index is 6.35. The van der Waals surface area contributed by atoms with Crippen molar-refractivity contribution in [2.75, 3.05) is 4.90 Å². The molecule has 0 bridgehead atoms. The Labute approximate surface area is 331 Å². The Bertz CT molecular complexity index is 3140. The van der Waals surface area contributed by atoms with E-state index in [1.54, 1.807) is 0 Å². The van der Waals surface area contributed by atoms with Crippen LogP contribution in [0.1, 0.15) is 22.3 Å². The Morgan fingerprint density at radius 3 is 1.67 bits per heavy atom. The molecule has 2 aliphatic carbocycles. The lowest BCUT2D eigenvalue weighted by Crippen LogP contribution is -2.26. The topological polar surface area (TPSA) is 16.4 Å². The summed E-state index contributed by atoms with van der Waals surface area (Å²) in [6.07, 6.45) is 0. The number of nitrogens with zero attached hydrogens (tertiary/aromatic N) is 1. The summed E-state index contributed by atoms with van der Waals surface area (Å²) in [4.78, 5) is 2.47. The van der Waals surface area contributed by atoms with Crippen molar-refractivity contribution < 1.29 is 4.42 Å². The molecule has 0 saturated carbocycles. The average molecular weight is 726 g/mol. The summed E-state index contributed by atoms with van der Waals surface area (Å²) >= 11 is 0. The lowest BCUT2D eigenvalue weighted by molar-refractivity contribution is 0.669. The standard InChI is InChI=1S/C55H35NO/c1-2-15-36(16-3-1)37-31-33-39(34-32-37)56(40-18-12-17-38(35-40)41-23-13-30-52-53(41)45-22-7-11-29-51(45)57-52)50-28-14-27-49-54(50)44-21-6-10-26-48(44)55(49)46-24-8-4-19-42(46)43-20-5-9-25-47(43)55/h1-35H. The van der Waals surface area contributed by atoms with Gasteiger partial charge in [-0.15, -0.1) is 0 Å². The van der Waals surface area contributed by atoms with E-state index < -0.39 is 5.41 Å². The molecule has 266 valence electrons. The predicted molar refractivity (Wildman–Crippen MR) is 236 cm³/mol. The zero-order valence-corrected chi connectivity index (χ0v) is 31.1. The SMILES string of the molecule is c1ccc(-c2ccc(N(c3cccc(-c4cccc5oc6ccccc6c45)c3)c3cccc4c3-c3ccccc3C43c4ccccc4-c4ccccc43)cc2)cc1. The molecule has 57 heavy (non-hydrogen) atoms. The van der Waals surface area contributed by atoms with Crippen molar-refractivity contribution in [3.05, 3.63) is 235 Å². The minimum Gasteiger partial charge on any atom is -0.456 e. The smallest absolute Gasteiger partial charge is 0.136 e. The molecule has 9 aromatic carbocycles. The van der Waals surface area contributed by atoms with Gasteiger partial charge in [-0.2, -0.15) is 0 Å². The molecule has 0 atom stereocenters. The molecule has 1 aromatic heterocycles. The van der Waals surface area contributed by atoms with E-state index in [2.05, 4.69) is 211 Å². The van der Waals surface area contributed by atoms with Gasteiger partial charge in [-0.05, 0) is 104 Å². The summed E-state index contributed by atoms with van der Waals surface area (Å²) in [5.41, 5.74) is 19.9. The van der Waals surface area contributed by atoms with E-state index in [1.165, 1.54) is 55.6 Å². The van der Waals surface area contributed by atoms with E-state index in [9.17, 15) is 0 Å². The largest absolute Gasteiger partial charge is 0.456 e. The third-order valence-electron chi connectivity index (χ3n) is 12.3. The van der Waals surface area contributed by atoms with Gasteiger partial charge in [-0.1, -0.05) is 170 Å². The fourth-order valence-corrected chi connectivity index (χ4v) is 10.00. The number of fused-ring (bicyclic) bond motifs is 13. The molecule has 0 saturated heterocycles. The van der Waals surface area contributed by atoms with Crippen molar-refractivity contribution >= 4 is 39.0 Å². The van der Waals surface area contributed by atoms with Gasteiger partial charge in [0, 0.05) is 27.7 Å². The lowest BCUT2D eigenvalue weighted by Gasteiger charge is -2.32. The number of hydrogen-bond donors (Lipinski definition) is 0. The molecule has 0 aliphatic heterocycles. The Kier molecular flexibility index (Phi) is 6.88. The molecule has 2 nitrogen and oxygen atoms in total. The van der Waals surface area contributed by atoms with Crippen molar-refractivity contribution in [3.63, 3.8) is 0 Å². The van der Waals surface area contributed by atoms with Crippen molar-refractivity contribution in [2.45, 2.75) is 5.41 Å². The number of para-hydroxylation sites is 1. The van der Waals surface area contributed by atoms with E-state index in [1.807, 2.05) is 6.07 Å². The third-order valence-corrected chi connectivity index (χ3v) is 12.3. The predicted octanol–water partition coefficient (Wildman–Crippen LogP) is 14.7. The highest BCUT2D eigenvalue weighted by atomic mass is 16.3. The second kappa shape index (κ2) is 12.3. The molecule has 12 rings (SSSR count). The van der Waals surface area contributed by atoms with Crippen LogP contribution in [-0.2, 0) is 5.41 Å². The Hall–Kier alpha value is -7.42. The van der Waals surface area contributed by atoms with Gasteiger partial charge in [0.25, 0.3) is 0 Å². The molecule has 0 radical (unpaired) electrons. The minimum absolute atomic E-state index is 0.433. The number of furan rings is 1. The number of hydrogen-bond acceptors (Lipinski definition) is 2. The number of benzene rings is 9. The van der Waals surface area contributed by atoms with Gasteiger partial charge < -0.3 is 9.32 Å². The van der Waals surface area contributed by atoms with E-state index in [0.29, 0.717) is 0 Å². The van der Waals surface area contributed by atoms with E-state index >= 15 is 0 Å². The Balaban J connectivity index is 1.12. The maximum atomic E-state index is 6.35. The van der Waals surface area contributed by atoms with Crippen LogP contribution in [0.4, 0.5) is 17.1 Å². The van der Waals surface area contributed by atoms with Crippen LogP contribution >= 0.6 is 0 Å². The monoisotopic (exact) mass is 725 g/mol. The molecule has 1 heterocycles. The normalized spacial score (nSPS) is 13.1. The lowest BCUT2D eigenvalue weighted by atomic mass is 9.70. The molecular formula is C55H35NO. The summed E-state index contributed by atoms with van der Waals surface area (Å²) in [5, 5.41) is 2.26. The first-order valence-electron chi connectivity index (χ1n) is 19.7. The fraction of sp³-hybridized carbons (Fsp3) is 0.0182. The van der Waals surface area contributed by atoms with Crippen LogP contribution in [-0.4, -0.2) is 0 Å². The van der Waals surface area contributed by atoms with Gasteiger partial charge in [-0.3, -0.25) is 0 Å². The van der Waals surface area contributed by atoms with Crippen LogP contribution in [0.15, 0.2) is 217 Å². The van der Waals surface area contributed by atoms with Gasteiger partial charge in [-0.25, -0.2) is 0 Å². The van der Waals surface area contributed by atoms with Gasteiger partial charge in [0.05, 0.1) is 11.1 Å². The Morgan fingerprint density at radius 1 is 0.351 bits per heavy atom. The van der Waals surface area contributed by atoms with Crippen LogP contribution < -0.4 is 4.90 Å². The molecule has 2 aliphatic rings. The molecule has 0 N–H and O–H groups in total. The summed E-state index contributed by atoms with van der Waals surface area (Å²) < 4.78 is 6.35. The number of rotatable bonds is 5. The zero-order chi connectivity index (χ0) is 37.5. The fourth-order valence-electron chi connectivity index (χ4n) is 10.00. The first-order valence-corrected chi connectivity index (χ1v) is 19.7. The highest BCUT2D eigenvalue weighted by molar-refractivity contribution is 6.12. The van der Waals surface area contributed by atoms with Crippen LogP contribution in [0.25, 0.3) is 66.4 Å². The molecule has 0 fully saturated rings. The quantitative estimate of drug-likeness (QED) is 0.176. The second-order valence-electron chi connectivity index (χ2n) is 15.2. The molecule has 10 aromatic rings. The van der Waals surface area contributed by atoms with Crippen molar-refractivity contribution in [3.8, 4) is 44.5 Å². The first kappa shape index (κ1) is 31.9. The highest BCUT2D eigenvalue weighted by Crippen LogP contribution is 2.64. The van der Waals surface area contributed by atoms with Gasteiger partial charge in [0.2, 0.25) is 0 Å². The van der Waals surface area contributed by atoms with Crippen molar-refractivity contribution in [1.82, 2.24) is 0 Å².